The summed E-state index contributed by atoms with van der Waals surface area (Å²) in [5.74, 6) is -1.13. The Morgan fingerprint density at radius 2 is 1.34 bits per heavy atom. The van der Waals surface area contributed by atoms with Gasteiger partial charge >= 0.3 is 12.1 Å². The highest BCUT2D eigenvalue weighted by atomic mass is 28.4. The summed E-state index contributed by atoms with van der Waals surface area (Å²) in [6, 6.07) is 28.4. The van der Waals surface area contributed by atoms with Crippen LogP contribution in [0.3, 0.4) is 0 Å². The maximum absolute atomic E-state index is 12.3. The van der Waals surface area contributed by atoms with Crippen molar-refractivity contribution in [3.05, 3.63) is 96.6 Å². The second kappa shape index (κ2) is 11.8. The van der Waals surface area contributed by atoms with E-state index in [1.807, 2.05) is 66.7 Å². The summed E-state index contributed by atoms with van der Waals surface area (Å²) in [6.45, 7) is 6.72. The number of aliphatic carboxylic acids is 1. The van der Waals surface area contributed by atoms with E-state index in [0.29, 0.717) is 0 Å². The van der Waals surface area contributed by atoms with Gasteiger partial charge in [-0.2, -0.15) is 0 Å². The first-order chi connectivity index (χ1) is 16.7. The molecule has 0 saturated heterocycles. The SMILES string of the molecule is CC(C)(C)[Si](OCC[C@@H](NC(=O)OCc1ccccc1)C(=O)O)(c1ccccc1)c1ccccc1. The molecular weight excluding hydrogens is 458 g/mol. The molecule has 2 N–H and O–H groups in total. The summed E-state index contributed by atoms with van der Waals surface area (Å²) in [5, 5.41) is 14.2. The molecule has 3 aromatic carbocycles. The lowest BCUT2D eigenvalue weighted by Crippen LogP contribution is -2.66. The molecule has 1 amide bonds. The molecule has 0 heterocycles. The second-order valence-electron chi connectivity index (χ2n) is 9.40. The first kappa shape index (κ1) is 26.2. The van der Waals surface area contributed by atoms with Crippen LogP contribution in [0.5, 0.6) is 0 Å². The van der Waals surface area contributed by atoms with Gasteiger partial charge < -0.3 is 19.6 Å². The average Bonchev–Trinajstić information content (AvgIpc) is 2.85. The van der Waals surface area contributed by atoms with Crippen LogP contribution in [0.15, 0.2) is 91.0 Å². The number of alkyl carbamates (subject to hydrolysis) is 1. The van der Waals surface area contributed by atoms with Gasteiger partial charge in [-0.1, -0.05) is 112 Å². The Kier molecular flexibility index (Phi) is 8.84. The molecule has 35 heavy (non-hydrogen) atoms. The molecule has 0 aliphatic carbocycles. The van der Waals surface area contributed by atoms with Crippen LogP contribution in [0.4, 0.5) is 4.79 Å². The Morgan fingerprint density at radius 3 is 1.80 bits per heavy atom. The summed E-state index contributed by atoms with van der Waals surface area (Å²) >= 11 is 0. The van der Waals surface area contributed by atoms with Gasteiger partial charge in [0, 0.05) is 13.0 Å². The molecule has 3 rings (SSSR count). The molecule has 0 aliphatic rings. The van der Waals surface area contributed by atoms with Crippen LogP contribution in [0.25, 0.3) is 0 Å². The molecule has 3 aromatic rings. The average molecular weight is 492 g/mol. The highest BCUT2D eigenvalue weighted by Gasteiger charge is 2.50. The van der Waals surface area contributed by atoms with Gasteiger partial charge in [-0.3, -0.25) is 0 Å². The monoisotopic (exact) mass is 491 g/mol. The molecule has 0 aliphatic heterocycles. The lowest BCUT2D eigenvalue weighted by Gasteiger charge is -2.43. The van der Waals surface area contributed by atoms with Crippen LogP contribution >= 0.6 is 0 Å². The second-order valence-corrected chi connectivity index (χ2v) is 13.7. The van der Waals surface area contributed by atoms with Crippen molar-refractivity contribution >= 4 is 30.8 Å². The highest BCUT2D eigenvalue weighted by Crippen LogP contribution is 2.36. The molecule has 0 spiro atoms. The number of ether oxygens (including phenoxy) is 1. The number of carboxylic acids is 1. The molecule has 7 heteroatoms. The third-order valence-corrected chi connectivity index (χ3v) is 11.0. The Balaban J connectivity index is 1.75. The predicted molar refractivity (Wildman–Crippen MR) is 139 cm³/mol. The number of carbonyl (C=O) groups excluding carboxylic acids is 1. The van der Waals surface area contributed by atoms with Gasteiger partial charge in [-0.15, -0.1) is 0 Å². The molecular formula is C28H33NO5Si. The van der Waals surface area contributed by atoms with Crippen molar-refractivity contribution in [2.45, 2.75) is 44.9 Å². The van der Waals surface area contributed by atoms with Crippen LogP contribution in [0, 0.1) is 0 Å². The first-order valence-corrected chi connectivity index (χ1v) is 13.6. The van der Waals surface area contributed by atoms with E-state index in [4.69, 9.17) is 9.16 Å². The Bertz CT molecular complexity index is 1050. The lowest BCUT2D eigenvalue weighted by atomic mass is 10.2. The number of nitrogens with one attached hydrogen (secondary N) is 1. The third-order valence-electron chi connectivity index (χ3n) is 5.94. The minimum absolute atomic E-state index is 0.0670. The van der Waals surface area contributed by atoms with Gasteiger partial charge in [0.1, 0.15) is 12.6 Å². The van der Waals surface area contributed by atoms with Gasteiger partial charge in [-0.05, 0) is 21.0 Å². The number of carbonyl (C=O) groups is 2. The van der Waals surface area contributed by atoms with Crippen molar-refractivity contribution in [3.63, 3.8) is 0 Å². The van der Waals surface area contributed by atoms with Crippen LogP contribution in [0.2, 0.25) is 5.04 Å². The summed E-state index contributed by atoms with van der Waals surface area (Å²) in [5.41, 5.74) is 0.824. The predicted octanol–water partition coefficient (Wildman–Crippen LogP) is 4.33. The van der Waals surface area contributed by atoms with E-state index in [0.717, 1.165) is 15.9 Å². The summed E-state index contributed by atoms with van der Waals surface area (Å²) < 4.78 is 11.9. The summed E-state index contributed by atoms with van der Waals surface area (Å²) in [6.07, 6.45) is -0.660. The Morgan fingerprint density at radius 1 is 0.857 bits per heavy atom. The standard InChI is InChI=1S/C28H33NO5Si/c1-28(2,3)35(23-15-9-5-10-16-23,24-17-11-6-12-18-24)34-20-19-25(26(30)31)29-27(32)33-21-22-13-7-4-8-14-22/h4-18,25H,19-21H2,1-3H3,(H,29,32)(H,30,31)/t25-/m1/s1. The van der Waals surface area contributed by atoms with Gasteiger partial charge in [-0.25, -0.2) is 9.59 Å². The molecule has 0 radical (unpaired) electrons. The quantitative estimate of drug-likeness (QED) is 0.412. The molecule has 0 fully saturated rings. The zero-order valence-electron chi connectivity index (χ0n) is 20.4. The molecule has 6 nitrogen and oxygen atoms in total. The molecule has 1 atom stereocenters. The van der Waals surface area contributed by atoms with Crippen molar-refractivity contribution in [1.82, 2.24) is 5.32 Å². The minimum Gasteiger partial charge on any atom is -0.480 e. The molecule has 0 saturated carbocycles. The van der Waals surface area contributed by atoms with E-state index in [2.05, 4.69) is 50.4 Å². The number of hydrogen-bond donors (Lipinski definition) is 2. The van der Waals surface area contributed by atoms with Crippen molar-refractivity contribution in [2.24, 2.45) is 0 Å². The van der Waals surface area contributed by atoms with E-state index in [-0.39, 0.29) is 24.7 Å². The van der Waals surface area contributed by atoms with E-state index in [1.54, 1.807) is 0 Å². The van der Waals surface area contributed by atoms with E-state index < -0.39 is 26.4 Å². The van der Waals surface area contributed by atoms with Crippen molar-refractivity contribution in [2.75, 3.05) is 6.61 Å². The molecule has 184 valence electrons. The van der Waals surface area contributed by atoms with Gasteiger partial charge in [0.2, 0.25) is 0 Å². The zero-order valence-corrected chi connectivity index (χ0v) is 21.4. The minimum atomic E-state index is -2.79. The van der Waals surface area contributed by atoms with Gasteiger partial charge in [0.15, 0.2) is 0 Å². The fraction of sp³-hybridized carbons (Fsp3) is 0.286. The van der Waals surface area contributed by atoms with Crippen LogP contribution < -0.4 is 15.7 Å². The van der Waals surface area contributed by atoms with E-state index in [1.165, 1.54) is 0 Å². The highest BCUT2D eigenvalue weighted by molar-refractivity contribution is 6.99. The molecule has 0 bridgehead atoms. The van der Waals surface area contributed by atoms with Crippen LogP contribution in [-0.2, 0) is 20.6 Å². The lowest BCUT2D eigenvalue weighted by molar-refractivity contribution is -0.139. The largest absolute Gasteiger partial charge is 0.480 e. The van der Waals surface area contributed by atoms with Crippen molar-refractivity contribution in [1.29, 1.82) is 0 Å². The van der Waals surface area contributed by atoms with Gasteiger partial charge in [0.05, 0.1) is 0 Å². The smallest absolute Gasteiger partial charge is 0.408 e. The summed E-state index contributed by atoms with van der Waals surface area (Å²) in [4.78, 5) is 24.2. The van der Waals surface area contributed by atoms with E-state index in [9.17, 15) is 14.7 Å². The number of benzene rings is 3. The van der Waals surface area contributed by atoms with E-state index >= 15 is 0 Å². The number of hydrogen-bond acceptors (Lipinski definition) is 4. The first-order valence-electron chi connectivity index (χ1n) is 11.7. The number of carboxylic acid groups (broad SMARTS) is 1. The summed E-state index contributed by atoms with van der Waals surface area (Å²) in [7, 11) is -2.79. The maximum Gasteiger partial charge on any atom is 0.408 e. The maximum atomic E-state index is 12.3. The number of rotatable bonds is 10. The van der Waals surface area contributed by atoms with Crippen molar-refractivity contribution in [3.8, 4) is 0 Å². The van der Waals surface area contributed by atoms with Crippen LogP contribution in [-0.4, -0.2) is 38.1 Å². The van der Waals surface area contributed by atoms with Crippen molar-refractivity contribution < 1.29 is 23.9 Å². The number of amides is 1. The molecule has 0 unspecified atom stereocenters. The Hall–Kier alpha value is -3.42. The topological polar surface area (TPSA) is 84.9 Å². The zero-order chi connectivity index (χ0) is 25.3. The third kappa shape index (κ3) is 6.59. The molecule has 0 aromatic heterocycles. The van der Waals surface area contributed by atoms with Gasteiger partial charge in [0.25, 0.3) is 8.32 Å². The fourth-order valence-electron chi connectivity index (χ4n) is 4.26. The normalized spacial score (nSPS) is 12.5. The van der Waals surface area contributed by atoms with Crippen LogP contribution in [0.1, 0.15) is 32.8 Å². The Labute approximate surface area is 208 Å². The fourth-order valence-corrected chi connectivity index (χ4v) is 8.84.